The van der Waals surface area contributed by atoms with E-state index in [1.54, 1.807) is 25.1 Å². The Kier molecular flexibility index (Phi) is 10.5. The van der Waals surface area contributed by atoms with Gasteiger partial charge in [0.2, 0.25) is 10.0 Å². The largest absolute Gasteiger partial charge is 0.487 e. The number of nitrogens with one attached hydrogen (secondary N) is 1. The molecule has 3 N–H and O–H groups in total. The fraction of sp³-hybridized carbons (Fsp3) is 0.571. The monoisotopic (exact) mass is 658 g/mol. The number of fused-ring (bicyclic) bond motifs is 3. The molecule has 2 aromatic rings. The summed E-state index contributed by atoms with van der Waals surface area (Å²) in [4.78, 5) is 15.7. The fourth-order valence-electron chi connectivity index (χ4n) is 7.19. The molecule has 2 aliphatic heterocycles. The predicted octanol–water partition coefficient (Wildman–Crippen LogP) is 5.88. The number of rotatable bonds is 3. The van der Waals surface area contributed by atoms with Gasteiger partial charge in [-0.15, -0.1) is 0 Å². The summed E-state index contributed by atoms with van der Waals surface area (Å²) in [6.45, 7) is 7.33. The number of sulfonamides is 1. The Morgan fingerprint density at radius 3 is 2.64 bits per heavy atom. The van der Waals surface area contributed by atoms with Gasteiger partial charge in [0.25, 0.3) is 5.91 Å². The standard InChI is InChI=1S/C35H47ClN2O6S/c1-23-8-6-14-35(41,15-7-17-39)31-18-24(2)30(31)21-38-16-5-4-9-26-19-29(36)12-10-28(26)22-44-33-13-11-27(20-32(33)38)34(40)37-45(42,43)25(23)3/h6,10-14,19-20,23-25,30-31,39,41H,4-5,7-9,15-18,21-22H2,1-3H3,(H,37,40)/b14-6+/t23-,24+,25+,30+,31+,35+/m0/s1. The van der Waals surface area contributed by atoms with Crippen LogP contribution in [0.3, 0.4) is 0 Å². The Balaban J connectivity index is 1.58. The second-order valence-electron chi connectivity index (χ2n) is 13.4. The molecule has 0 aromatic heterocycles. The molecule has 1 fully saturated rings. The highest BCUT2D eigenvalue weighted by Gasteiger charge is 2.49. The third-order valence-corrected chi connectivity index (χ3v) is 12.5. The average molecular weight is 659 g/mol. The van der Waals surface area contributed by atoms with Gasteiger partial charge >= 0.3 is 0 Å². The second-order valence-corrected chi connectivity index (χ2v) is 15.9. The van der Waals surface area contributed by atoms with Crippen LogP contribution in [0.5, 0.6) is 5.75 Å². The number of aliphatic hydroxyl groups excluding tert-OH is 1. The highest BCUT2D eigenvalue weighted by Crippen LogP contribution is 2.50. The number of halogens is 1. The highest BCUT2D eigenvalue weighted by atomic mass is 35.5. The Morgan fingerprint density at radius 1 is 1.09 bits per heavy atom. The normalized spacial score (nSPS) is 31.2. The average Bonchev–Trinajstić information content (AvgIpc) is 3.03. The number of aliphatic hydroxyl groups is 2. The van der Waals surface area contributed by atoms with Gasteiger partial charge in [-0.2, -0.15) is 0 Å². The SMILES string of the molecule is C[C@@H]1C[C@@H]2[C@@H]1CN1CCCCc3cc(Cl)ccc3COc3ccc(cc31)C(=O)NS(=O)(=O)[C@H](C)[C@@H](C)C/C=C/[C@@]2(O)CCCO. The summed E-state index contributed by atoms with van der Waals surface area (Å²) >= 11 is 6.33. The molecular weight excluding hydrogens is 612 g/mol. The molecule has 0 unspecified atom stereocenters. The van der Waals surface area contributed by atoms with Crippen LogP contribution in [0.2, 0.25) is 5.02 Å². The molecule has 0 spiro atoms. The van der Waals surface area contributed by atoms with Gasteiger partial charge in [-0.1, -0.05) is 43.7 Å². The van der Waals surface area contributed by atoms with Crippen molar-refractivity contribution in [2.45, 2.75) is 83.2 Å². The lowest BCUT2D eigenvalue weighted by molar-refractivity contribution is -0.0816. The first kappa shape index (κ1) is 33.8. The van der Waals surface area contributed by atoms with Crippen LogP contribution in [0.25, 0.3) is 0 Å². The predicted molar refractivity (Wildman–Crippen MR) is 178 cm³/mol. The maximum Gasteiger partial charge on any atom is 0.264 e. The van der Waals surface area contributed by atoms with E-state index in [9.17, 15) is 23.4 Å². The van der Waals surface area contributed by atoms with Gasteiger partial charge in [-0.25, -0.2) is 13.1 Å². The minimum absolute atomic E-state index is 0.0122. The van der Waals surface area contributed by atoms with E-state index in [4.69, 9.17) is 16.3 Å². The molecule has 0 radical (unpaired) electrons. The van der Waals surface area contributed by atoms with E-state index < -0.39 is 26.8 Å². The summed E-state index contributed by atoms with van der Waals surface area (Å²) in [7, 11) is -3.98. The summed E-state index contributed by atoms with van der Waals surface area (Å²) < 4.78 is 35.4. The van der Waals surface area contributed by atoms with Crippen molar-refractivity contribution in [1.29, 1.82) is 0 Å². The number of anilines is 1. The van der Waals surface area contributed by atoms with E-state index in [2.05, 4.69) is 16.5 Å². The van der Waals surface area contributed by atoms with Crippen LogP contribution in [-0.2, 0) is 23.1 Å². The number of carbonyl (C=O) groups is 1. The number of aryl methyl sites for hydroxylation is 1. The molecular formula is C35H47ClN2O6S. The van der Waals surface area contributed by atoms with E-state index in [-0.39, 0.29) is 29.9 Å². The maximum absolute atomic E-state index is 13.4. The lowest BCUT2D eigenvalue weighted by atomic mass is 9.57. The summed E-state index contributed by atoms with van der Waals surface area (Å²) in [6, 6.07) is 11.0. The minimum atomic E-state index is -3.98. The zero-order valence-electron chi connectivity index (χ0n) is 26.5. The smallest absolute Gasteiger partial charge is 0.264 e. The van der Waals surface area contributed by atoms with Crippen LogP contribution in [0.4, 0.5) is 5.69 Å². The van der Waals surface area contributed by atoms with Crippen LogP contribution in [0.1, 0.15) is 80.8 Å². The van der Waals surface area contributed by atoms with Crippen molar-refractivity contribution in [2.75, 3.05) is 24.6 Å². The summed E-state index contributed by atoms with van der Waals surface area (Å²) in [6.07, 6.45) is 8.58. The number of hydrogen-bond acceptors (Lipinski definition) is 7. The van der Waals surface area contributed by atoms with Gasteiger partial charge in [-0.05, 0) is 117 Å². The molecule has 5 rings (SSSR count). The zero-order chi connectivity index (χ0) is 32.4. The maximum atomic E-state index is 13.4. The number of benzene rings is 2. The Labute approximate surface area is 272 Å². The van der Waals surface area contributed by atoms with Gasteiger partial charge in [0.15, 0.2) is 0 Å². The van der Waals surface area contributed by atoms with Crippen molar-refractivity contribution in [3.8, 4) is 5.75 Å². The van der Waals surface area contributed by atoms with Gasteiger partial charge < -0.3 is 19.8 Å². The van der Waals surface area contributed by atoms with Crippen molar-refractivity contribution in [3.63, 3.8) is 0 Å². The summed E-state index contributed by atoms with van der Waals surface area (Å²) in [5.41, 5.74) is 2.07. The van der Waals surface area contributed by atoms with Crippen molar-refractivity contribution < 1.29 is 28.2 Å². The van der Waals surface area contributed by atoms with Crippen molar-refractivity contribution >= 4 is 33.2 Å². The van der Waals surface area contributed by atoms with Crippen LogP contribution < -0.4 is 14.4 Å². The fourth-order valence-corrected chi connectivity index (χ4v) is 8.67. The van der Waals surface area contributed by atoms with Gasteiger partial charge in [-0.3, -0.25) is 4.79 Å². The number of nitrogens with zero attached hydrogens (tertiary/aromatic N) is 1. The number of hydrogen-bond donors (Lipinski definition) is 3. The molecule has 1 aliphatic carbocycles. The Bertz CT molecular complexity index is 1510. The molecule has 2 aromatic carbocycles. The third-order valence-electron chi connectivity index (χ3n) is 10.4. The van der Waals surface area contributed by atoms with Crippen molar-refractivity contribution in [3.05, 3.63) is 70.3 Å². The molecule has 2 bridgehead atoms. The van der Waals surface area contributed by atoms with Crippen molar-refractivity contribution in [1.82, 2.24) is 4.72 Å². The van der Waals surface area contributed by atoms with Gasteiger partial charge in [0.05, 0.1) is 16.5 Å². The van der Waals surface area contributed by atoms with Crippen LogP contribution in [-0.4, -0.2) is 55.1 Å². The summed E-state index contributed by atoms with van der Waals surface area (Å²) in [5, 5.41) is 21.6. The number of allylic oxidation sites excluding steroid dienone is 1. The molecule has 2 heterocycles. The van der Waals surface area contributed by atoms with Crippen LogP contribution in [0.15, 0.2) is 48.6 Å². The van der Waals surface area contributed by atoms with Gasteiger partial charge in [0.1, 0.15) is 12.4 Å². The van der Waals surface area contributed by atoms with Crippen LogP contribution in [0, 0.1) is 23.7 Å². The Hall–Kier alpha value is -2.59. The van der Waals surface area contributed by atoms with E-state index in [1.165, 1.54) is 0 Å². The zero-order valence-corrected chi connectivity index (χ0v) is 28.1. The molecule has 45 heavy (non-hydrogen) atoms. The quantitative estimate of drug-likeness (QED) is 0.353. The van der Waals surface area contributed by atoms with Crippen LogP contribution >= 0.6 is 11.6 Å². The first-order chi connectivity index (χ1) is 21.4. The lowest BCUT2D eigenvalue weighted by Gasteiger charge is -2.52. The third kappa shape index (κ3) is 7.53. The van der Waals surface area contributed by atoms with E-state index in [0.717, 1.165) is 42.5 Å². The van der Waals surface area contributed by atoms with E-state index in [1.807, 2.05) is 37.3 Å². The first-order valence-electron chi connectivity index (χ1n) is 16.3. The molecule has 8 nitrogen and oxygen atoms in total. The summed E-state index contributed by atoms with van der Waals surface area (Å²) in [5.74, 6) is 0.148. The van der Waals surface area contributed by atoms with Crippen molar-refractivity contribution in [2.24, 2.45) is 23.7 Å². The number of carbonyl (C=O) groups excluding carboxylic acids is 1. The second kappa shape index (κ2) is 14.0. The molecule has 246 valence electrons. The first-order valence-corrected chi connectivity index (χ1v) is 18.2. The molecule has 1 saturated carbocycles. The molecule has 3 aliphatic rings. The molecule has 0 saturated heterocycles. The topological polar surface area (TPSA) is 116 Å². The lowest BCUT2D eigenvalue weighted by Crippen LogP contribution is -2.54. The molecule has 1 amide bonds. The number of ether oxygens (including phenoxy) is 1. The Morgan fingerprint density at radius 2 is 1.89 bits per heavy atom. The number of amides is 1. The van der Waals surface area contributed by atoms with E-state index >= 15 is 0 Å². The minimum Gasteiger partial charge on any atom is -0.487 e. The highest BCUT2D eigenvalue weighted by molar-refractivity contribution is 7.90. The van der Waals surface area contributed by atoms with E-state index in [0.29, 0.717) is 55.6 Å². The molecule has 10 heteroatoms. The molecule has 6 atom stereocenters. The van der Waals surface area contributed by atoms with Gasteiger partial charge in [0, 0.05) is 30.3 Å².